The molecule has 2 aromatic rings. The van der Waals surface area contributed by atoms with E-state index < -0.39 is 0 Å². The van der Waals surface area contributed by atoms with Crippen molar-refractivity contribution >= 4 is 11.6 Å². The van der Waals surface area contributed by atoms with Gasteiger partial charge in [0.15, 0.2) is 0 Å². The lowest BCUT2D eigenvalue weighted by atomic mass is 10.2. The van der Waals surface area contributed by atoms with Crippen molar-refractivity contribution in [2.75, 3.05) is 0 Å². The third-order valence-corrected chi connectivity index (χ3v) is 3.20. The molecule has 0 saturated heterocycles. The molecule has 2 nitrogen and oxygen atoms in total. The lowest BCUT2D eigenvalue weighted by Crippen LogP contribution is -2.00. The summed E-state index contributed by atoms with van der Waals surface area (Å²) in [6.45, 7) is 5.91. The minimum Gasteiger partial charge on any atom is -0.316 e. The van der Waals surface area contributed by atoms with Crippen LogP contribution in [0.4, 0.5) is 0 Å². The topological polar surface area (TPSA) is 28.7 Å². The normalized spacial score (nSPS) is 10.3. The molecule has 0 amide bonds. The Hall–Kier alpha value is -1.72. The Labute approximate surface area is 106 Å². The molecule has 0 aliphatic rings. The Morgan fingerprint density at radius 1 is 1.18 bits per heavy atom. The van der Waals surface area contributed by atoms with Crippen molar-refractivity contribution in [1.82, 2.24) is 4.57 Å². The van der Waals surface area contributed by atoms with Gasteiger partial charge in [-0.05, 0) is 44.5 Å². The highest BCUT2D eigenvalue weighted by molar-refractivity contribution is 6.32. The number of nitriles is 1. The van der Waals surface area contributed by atoms with Gasteiger partial charge in [0.2, 0.25) is 0 Å². The summed E-state index contributed by atoms with van der Waals surface area (Å²) >= 11 is 6.26. The molecule has 0 radical (unpaired) electrons. The summed E-state index contributed by atoms with van der Waals surface area (Å²) in [7, 11) is 0. The predicted molar refractivity (Wildman–Crippen MR) is 69.7 cm³/mol. The summed E-state index contributed by atoms with van der Waals surface area (Å²) in [6, 6.07) is 10.0. The first-order valence-electron chi connectivity index (χ1n) is 5.40. The summed E-state index contributed by atoms with van der Waals surface area (Å²) in [6.07, 6.45) is 0. The summed E-state index contributed by atoms with van der Waals surface area (Å²) < 4.78 is 2.01. The molecule has 0 unspecified atom stereocenters. The Morgan fingerprint density at radius 3 is 2.41 bits per heavy atom. The van der Waals surface area contributed by atoms with E-state index in [0.717, 1.165) is 22.6 Å². The predicted octanol–water partition coefficient (Wildman–Crippen LogP) is 3.93. The van der Waals surface area contributed by atoms with Crippen LogP contribution in [0.25, 0.3) is 5.69 Å². The average Bonchev–Trinajstić information content (AvgIpc) is 2.55. The summed E-state index contributed by atoms with van der Waals surface area (Å²) in [5, 5.41) is 9.73. The van der Waals surface area contributed by atoms with Crippen LogP contribution >= 0.6 is 11.6 Å². The maximum Gasteiger partial charge on any atom is 0.101 e. The molecule has 0 atom stereocenters. The molecule has 2 rings (SSSR count). The Balaban J connectivity index is 2.69. The first-order chi connectivity index (χ1) is 8.04. The largest absolute Gasteiger partial charge is 0.316 e. The first-order valence-corrected chi connectivity index (χ1v) is 5.78. The van der Waals surface area contributed by atoms with Crippen molar-refractivity contribution in [2.24, 2.45) is 0 Å². The fourth-order valence-corrected chi connectivity index (χ4v) is 2.36. The molecular formula is C14H13ClN2. The molecule has 1 heterocycles. The number of halogens is 1. The maximum absolute atomic E-state index is 9.02. The van der Waals surface area contributed by atoms with Crippen molar-refractivity contribution in [2.45, 2.75) is 20.8 Å². The van der Waals surface area contributed by atoms with E-state index in [1.807, 2.05) is 49.6 Å². The van der Waals surface area contributed by atoms with Gasteiger partial charge >= 0.3 is 0 Å². The van der Waals surface area contributed by atoms with E-state index in [1.165, 1.54) is 0 Å². The van der Waals surface area contributed by atoms with E-state index in [-0.39, 0.29) is 0 Å². The van der Waals surface area contributed by atoms with E-state index in [2.05, 4.69) is 6.07 Å². The third kappa shape index (κ3) is 1.94. The number of aromatic nitrogens is 1. The van der Waals surface area contributed by atoms with Crippen LogP contribution in [0.1, 0.15) is 22.5 Å². The first kappa shape index (κ1) is 11.8. The van der Waals surface area contributed by atoms with E-state index in [9.17, 15) is 0 Å². The molecule has 1 aromatic heterocycles. The number of rotatable bonds is 1. The minimum absolute atomic E-state index is 0.694. The van der Waals surface area contributed by atoms with Gasteiger partial charge in [-0.2, -0.15) is 5.26 Å². The van der Waals surface area contributed by atoms with Crippen molar-refractivity contribution in [1.29, 1.82) is 5.26 Å². The zero-order chi connectivity index (χ0) is 12.6. The Morgan fingerprint density at radius 2 is 1.88 bits per heavy atom. The molecule has 0 bridgehead atoms. The quantitative estimate of drug-likeness (QED) is 0.747. The number of hydrogen-bond acceptors (Lipinski definition) is 1. The van der Waals surface area contributed by atoms with Gasteiger partial charge in [-0.3, -0.25) is 0 Å². The van der Waals surface area contributed by atoms with Crippen molar-refractivity contribution in [3.63, 3.8) is 0 Å². The van der Waals surface area contributed by atoms with Gasteiger partial charge in [0.25, 0.3) is 0 Å². The fourth-order valence-electron chi connectivity index (χ4n) is 2.04. The standard InChI is InChI=1S/C14H13ClN2/c1-9-4-5-14(13(15)6-9)17-10(2)7-12(8-16)11(17)3/h4-7H,1-3H3. The maximum atomic E-state index is 9.02. The zero-order valence-corrected chi connectivity index (χ0v) is 10.8. The highest BCUT2D eigenvalue weighted by atomic mass is 35.5. The van der Waals surface area contributed by atoms with E-state index >= 15 is 0 Å². The van der Waals surface area contributed by atoms with Crippen molar-refractivity contribution in [3.8, 4) is 11.8 Å². The molecule has 0 aliphatic heterocycles. The summed E-state index contributed by atoms with van der Waals surface area (Å²) in [4.78, 5) is 0. The van der Waals surface area contributed by atoms with Crippen LogP contribution in [0.3, 0.4) is 0 Å². The van der Waals surface area contributed by atoms with Gasteiger partial charge in [0.1, 0.15) is 6.07 Å². The molecule has 0 aliphatic carbocycles. The number of aryl methyl sites for hydroxylation is 2. The van der Waals surface area contributed by atoms with Gasteiger partial charge in [0, 0.05) is 11.4 Å². The second kappa shape index (κ2) is 4.27. The van der Waals surface area contributed by atoms with E-state index in [0.29, 0.717) is 10.6 Å². The van der Waals surface area contributed by atoms with Gasteiger partial charge in [-0.1, -0.05) is 17.7 Å². The van der Waals surface area contributed by atoms with Crippen LogP contribution in [0.2, 0.25) is 5.02 Å². The Bertz CT molecular complexity index is 618. The molecule has 17 heavy (non-hydrogen) atoms. The second-order valence-corrected chi connectivity index (χ2v) is 4.59. The lowest BCUT2D eigenvalue weighted by Gasteiger charge is -2.11. The molecule has 0 fully saturated rings. The zero-order valence-electron chi connectivity index (χ0n) is 10.1. The van der Waals surface area contributed by atoms with Crippen LogP contribution < -0.4 is 0 Å². The number of hydrogen-bond donors (Lipinski definition) is 0. The van der Waals surface area contributed by atoms with Gasteiger partial charge < -0.3 is 4.57 Å². The molecule has 0 spiro atoms. The molecule has 86 valence electrons. The molecule has 0 saturated carbocycles. The summed E-state index contributed by atoms with van der Waals surface area (Å²) in [5.41, 5.74) is 4.69. The molecule has 0 N–H and O–H groups in total. The Kier molecular flexibility index (Phi) is 2.95. The van der Waals surface area contributed by atoms with Gasteiger partial charge in [0.05, 0.1) is 16.3 Å². The van der Waals surface area contributed by atoms with Crippen LogP contribution in [0.5, 0.6) is 0 Å². The monoisotopic (exact) mass is 244 g/mol. The highest BCUT2D eigenvalue weighted by Gasteiger charge is 2.12. The van der Waals surface area contributed by atoms with E-state index in [4.69, 9.17) is 16.9 Å². The van der Waals surface area contributed by atoms with E-state index in [1.54, 1.807) is 0 Å². The molecule has 1 aromatic carbocycles. The number of nitrogens with zero attached hydrogens (tertiary/aromatic N) is 2. The summed E-state index contributed by atoms with van der Waals surface area (Å²) in [5.74, 6) is 0. The average molecular weight is 245 g/mol. The minimum atomic E-state index is 0.694. The SMILES string of the molecule is Cc1ccc(-n2c(C)cc(C#N)c2C)c(Cl)c1. The van der Waals surface area contributed by atoms with Crippen LogP contribution in [0.15, 0.2) is 24.3 Å². The number of benzene rings is 1. The molecular weight excluding hydrogens is 232 g/mol. The van der Waals surface area contributed by atoms with Gasteiger partial charge in [-0.15, -0.1) is 0 Å². The van der Waals surface area contributed by atoms with Gasteiger partial charge in [-0.25, -0.2) is 0 Å². The van der Waals surface area contributed by atoms with Crippen molar-refractivity contribution in [3.05, 3.63) is 51.8 Å². The third-order valence-electron chi connectivity index (χ3n) is 2.90. The highest BCUT2D eigenvalue weighted by Crippen LogP contribution is 2.26. The van der Waals surface area contributed by atoms with Crippen LogP contribution in [-0.4, -0.2) is 4.57 Å². The van der Waals surface area contributed by atoms with Crippen LogP contribution in [-0.2, 0) is 0 Å². The van der Waals surface area contributed by atoms with Crippen molar-refractivity contribution < 1.29 is 0 Å². The fraction of sp³-hybridized carbons (Fsp3) is 0.214. The van der Waals surface area contributed by atoms with Crippen LogP contribution in [0, 0.1) is 32.1 Å². The lowest BCUT2D eigenvalue weighted by molar-refractivity contribution is 0.963. The second-order valence-electron chi connectivity index (χ2n) is 4.19. The molecule has 3 heteroatoms. The smallest absolute Gasteiger partial charge is 0.101 e.